The minimum atomic E-state index is 0.764. The molecule has 1 atom stereocenters. The van der Waals surface area contributed by atoms with Crippen LogP contribution in [0.1, 0.15) is 29.8 Å². The van der Waals surface area contributed by atoms with Gasteiger partial charge in [-0.25, -0.2) is 0 Å². The molecule has 0 aliphatic heterocycles. The summed E-state index contributed by atoms with van der Waals surface area (Å²) < 4.78 is 0. The Bertz CT molecular complexity index is 290. The fourth-order valence-corrected chi connectivity index (χ4v) is 2.21. The normalized spacial score (nSPS) is 21.5. The maximum Gasteiger partial charge on any atom is 0.0659 e. The second-order valence-electron chi connectivity index (χ2n) is 3.96. The summed E-state index contributed by atoms with van der Waals surface area (Å²) in [6.07, 6.45) is 4.73. The molecule has 1 unspecified atom stereocenters. The van der Waals surface area contributed by atoms with E-state index in [0.717, 1.165) is 25.3 Å². The lowest BCUT2D eigenvalue weighted by Crippen LogP contribution is -2.17. The van der Waals surface area contributed by atoms with Crippen LogP contribution in [0.3, 0.4) is 0 Å². The molecule has 0 fully saturated rings. The van der Waals surface area contributed by atoms with E-state index in [9.17, 15) is 0 Å². The fourth-order valence-electron chi connectivity index (χ4n) is 2.21. The van der Waals surface area contributed by atoms with Crippen LogP contribution in [-0.4, -0.2) is 16.7 Å². The largest absolute Gasteiger partial charge is 0.330 e. The Kier molecular flexibility index (Phi) is 2.36. The number of nitrogens with zero attached hydrogens (tertiary/aromatic N) is 1. The number of H-pyrrole nitrogens is 1. The lowest BCUT2D eigenvalue weighted by molar-refractivity contribution is 0.428. The molecule has 0 saturated heterocycles. The van der Waals surface area contributed by atoms with Gasteiger partial charge in [0.05, 0.1) is 5.69 Å². The van der Waals surface area contributed by atoms with Gasteiger partial charge in [-0.1, -0.05) is 0 Å². The van der Waals surface area contributed by atoms with Crippen LogP contribution in [0.4, 0.5) is 0 Å². The lowest BCUT2D eigenvalue weighted by atomic mass is 9.85. The van der Waals surface area contributed by atoms with Crippen molar-refractivity contribution >= 4 is 0 Å². The Morgan fingerprint density at radius 1 is 1.62 bits per heavy atom. The highest BCUT2D eigenvalue weighted by molar-refractivity contribution is 5.27. The van der Waals surface area contributed by atoms with Gasteiger partial charge in [-0.05, 0) is 50.6 Å². The lowest BCUT2D eigenvalue weighted by Gasteiger charge is -2.20. The topological polar surface area (TPSA) is 54.7 Å². The summed E-state index contributed by atoms with van der Waals surface area (Å²) >= 11 is 0. The van der Waals surface area contributed by atoms with Gasteiger partial charge in [0.2, 0.25) is 0 Å². The van der Waals surface area contributed by atoms with Crippen molar-refractivity contribution in [2.45, 2.75) is 32.6 Å². The van der Waals surface area contributed by atoms with E-state index < -0.39 is 0 Å². The molecule has 1 aromatic heterocycles. The highest BCUT2D eigenvalue weighted by Crippen LogP contribution is 2.27. The van der Waals surface area contributed by atoms with E-state index in [-0.39, 0.29) is 0 Å². The van der Waals surface area contributed by atoms with Gasteiger partial charge >= 0.3 is 0 Å². The van der Waals surface area contributed by atoms with E-state index in [4.69, 9.17) is 5.73 Å². The van der Waals surface area contributed by atoms with Gasteiger partial charge in [-0.3, -0.25) is 5.10 Å². The van der Waals surface area contributed by atoms with E-state index in [1.165, 1.54) is 29.8 Å². The van der Waals surface area contributed by atoms with Crippen molar-refractivity contribution in [1.29, 1.82) is 0 Å². The summed E-state index contributed by atoms with van der Waals surface area (Å²) in [6.45, 7) is 2.92. The number of nitrogens with one attached hydrogen (secondary N) is 1. The SMILES string of the molecule is Cc1[nH]nc2c1CCC(CCN)C2. The van der Waals surface area contributed by atoms with Crippen LogP contribution in [0.25, 0.3) is 0 Å². The third-order valence-electron chi connectivity index (χ3n) is 3.02. The minimum absolute atomic E-state index is 0.764. The molecule has 0 saturated carbocycles. The van der Waals surface area contributed by atoms with Gasteiger partial charge in [-0.2, -0.15) is 5.10 Å². The quantitative estimate of drug-likeness (QED) is 0.716. The van der Waals surface area contributed by atoms with Crippen molar-refractivity contribution in [2.75, 3.05) is 6.54 Å². The Labute approximate surface area is 78.7 Å². The molecule has 0 amide bonds. The van der Waals surface area contributed by atoms with Crippen LogP contribution < -0.4 is 5.73 Å². The second-order valence-corrected chi connectivity index (χ2v) is 3.96. The monoisotopic (exact) mass is 179 g/mol. The van der Waals surface area contributed by atoms with Crippen LogP contribution in [0.15, 0.2) is 0 Å². The van der Waals surface area contributed by atoms with E-state index in [1.807, 2.05) is 0 Å². The molecule has 0 bridgehead atoms. The summed E-state index contributed by atoms with van der Waals surface area (Å²) in [6, 6.07) is 0. The zero-order valence-corrected chi connectivity index (χ0v) is 8.14. The first-order chi connectivity index (χ1) is 6.31. The molecular formula is C10H17N3. The van der Waals surface area contributed by atoms with Crippen molar-refractivity contribution in [1.82, 2.24) is 10.2 Å². The van der Waals surface area contributed by atoms with Crippen molar-refractivity contribution in [3.8, 4) is 0 Å². The van der Waals surface area contributed by atoms with Gasteiger partial charge < -0.3 is 5.73 Å². The van der Waals surface area contributed by atoms with Crippen LogP contribution in [-0.2, 0) is 12.8 Å². The first-order valence-corrected chi connectivity index (χ1v) is 5.04. The van der Waals surface area contributed by atoms with Gasteiger partial charge in [0.15, 0.2) is 0 Å². The Morgan fingerprint density at radius 3 is 3.23 bits per heavy atom. The average Bonchev–Trinajstić information content (AvgIpc) is 2.48. The van der Waals surface area contributed by atoms with E-state index in [1.54, 1.807) is 0 Å². The van der Waals surface area contributed by atoms with Crippen LogP contribution in [0, 0.1) is 12.8 Å². The molecule has 3 N–H and O–H groups in total. The predicted octanol–water partition coefficient (Wildman–Crippen LogP) is 1.17. The maximum atomic E-state index is 5.56. The Hall–Kier alpha value is -0.830. The second kappa shape index (κ2) is 3.50. The fraction of sp³-hybridized carbons (Fsp3) is 0.700. The summed E-state index contributed by atoms with van der Waals surface area (Å²) in [4.78, 5) is 0. The number of aryl methyl sites for hydroxylation is 1. The zero-order chi connectivity index (χ0) is 9.26. The van der Waals surface area contributed by atoms with E-state index in [0.29, 0.717) is 0 Å². The first kappa shape index (κ1) is 8.75. The number of aromatic nitrogens is 2. The van der Waals surface area contributed by atoms with Crippen LogP contribution >= 0.6 is 0 Å². The molecule has 0 spiro atoms. The number of rotatable bonds is 2. The highest BCUT2D eigenvalue weighted by atomic mass is 15.1. The van der Waals surface area contributed by atoms with Gasteiger partial charge in [0, 0.05) is 5.69 Å². The molecule has 3 heteroatoms. The number of hydrogen-bond acceptors (Lipinski definition) is 2. The standard InChI is InChI=1S/C10H17N3/c1-7-9-3-2-8(4-5-11)6-10(9)13-12-7/h8H,2-6,11H2,1H3,(H,12,13). The molecular weight excluding hydrogens is 162 g/mol. The number of nitrogens with two attached hydrogens (primary N) is 1. The van der Waals surface area contributed by atoms with Gasteiger partial charge in [0.25, 0.3) is 0 Å². The Balaban J connectivity index is 2.11. The van der Waals surface area contributed by atoms with E-state index in [2.05, 4.69) is 17.1 Å². The predicted molar refractivity (Wildman–Crippen MR) is 52.5 cm³/mol. The average molecular weight is 179 g/mol. The molecule has 1 heterocycles. The molecule has 1 aromatic rings. The molecule has 13 heavy (non-hydrogen) atoms. The third-order valence-corrected chi connectivity index (χ3v) is 3.02. The summed E-state index contributed by atoms with van der Waals surface area (Å²) in [7, 11) is 0. The molecule has 2 rings (SSSR count). The molecule has 1 aliphatic carbocycles. The summed E-state index contributed by atoms with van der Waals surface area (Å²) in [5.74, 6) is 0.764. The van der Waals surface area contributed by atoms with Gasteiger partial charge in [0.1, 0.15) is 0 Å². The molecule has 1 aliphatic rings. The molecule has 72 valence electrons. The first-order valence-electron chi connectivity index (χ1n) is 5.04. The van der Waals surface area contributed by atoms with Crippen LogP contribution in [0.2, 0.25) is 0 Å². The number of aromatic amines is 1. The van der Waals surface area contributed by atoms with E-state index >= 15 is 0 Å². The zero-order valence-electron chi connectivity index (χ0n) is 8.14. The van der Waals surface area contributed by atoms with Crippen molar-refractivity contribution in [2.24, 2.45) is 11.7 Å². The van der Waals surface area contributed by atoms with Gasteiger partial charge in [-0.15, -0.1) is 0 Å². The highest BCUT2D eigenvalue weighted by Gasteiger charge is 2.21. The Morgan fingerprint density at radius 2 is 2.46 bits per heavy atom. The van der Waals surface area contributed by atoms with Crippen molar-refractivity contribution in [3.05, 3.63) is 17.0 Å². The number of hydrogen-bond donors (Lipinski definition) is 2. The minimum Gasteiger partial charge on any atom is -0.330 e. The third kappa shape index (κ3) is 1.61. The van der Waals surface area contributed by atoms with Crippen LogP contribution in [0.5, 0.6) is 0 Å². The summed E-state index contributed by atoms with van der Waals surface area (Å²) in [5.41, 5.74) is 9.54. The smallest absolute Gasteiger partial charge is 0.0659 e. The maximum absolute atomic E-state index is 5.56. The summed E-state index contributed by atoms with van der Waals surface area (Å²) in [5, 5.41) is 7.38. The van der Waals surface area contributed by atoms with Crippen molar-refractivity contribution in [3.63, 3.8) is 0 Å². The molecule has 0 aromatic carbocycles. The van der Waals surface area contributed by atoms with Crippen molar-refractivity contribution < 1.29 is 0 Å². The number of fused-ring (bicyclic) bond motifs is 1. The molecule has 3 nitrogen and oxygen atoms in total. The molecule has 0 radical (unpaired) electrons.